The van der Waals surface area contributed by atoms with Gasteiger partial charge in [-0.1, -0.05) is 11.6 Å². The topological polar surface area (TPSA) is 34.9 Å². The fourth-order valence-corrected chi connectivity index (χ4v) is 0.820. The Morgan fingerprint density at radius 2 is 2.40 bits per heavy atom. The molecule has 5 heteroatoms. The summed E-state index contributed by atoms with van der Waals surface area (Å²) in [6.07, 6.45) is 1.42. The Hall–Kier alpha value is -0.480. The van der Waals surface area contributed by atoms with Crippen LogP contribution < -0.4 is 5.56 Å². The first-order valence-electron chi connectivity index (χ1n) is 2.53. The van der Waals surface area contributed by atoms with Gasteiger partial charge < -0.3 is 0 Å². The van der Waals surface area contributed by atoms with Gasteiger partial charge in [-0.2, -0.15) is 5.10 Å². The molecule has 0 N–H and O–H groups in total. The van der Waals surface area contributed by atoms with Gasteiger partial charge >= 0.3 is 0 Å². The lowest BCUT2D eigenvalue weighted by molar-refractivity contribution is 0.697. The Bertz CT molecular complexity index is 309. The summed E-state index contributed by atoms with van der Waals surface area (Å²) in [6, 6.07) is 0. The molecule has 1 heterocycles. The largest absolute Gasteiger partial charge is 0.286 e. The van der Waals surface area contributed by atoms with Crippen LogP contribution in [0.25, 0.3) is 0 Å². The van der Waals surface area contributed by atoms with Crippen molar-refractivity contribution in [2.45, 2.75) is 4.90 Å². The van der Waals surface area contributed by atoms with E-state index in [9.17, 15) is 4.79 Å². The highest BCUT2D eigenvalue weighted by molar-refractivity contribution is 7.80. The first-order chi connectivity index (χ1) is 4.63. The molecule has 0 amide bonds. The minimum absolute atomic E-state index is 0.112. The summed E-state index contributed by atoms with van der Waals surface area (Å²) in [5, 5.41) is 3.79. The third-order valence-electron chi connectivity index (χ3n) is 1.06. The zero-order valence-electron chi connectivity index (χ0n) is 5.21. The van der Waals surface area contributed by atoms with Crippen molar-refractivity contribution in [2.24, 2.45) is 7.05 Å². The summed E-state index contributed by atoms with van der Waals surface area (Å²) < 4.78 is 1.15. The zero-order chi connectivity index (χ0) is 7.72. The number of thiol groups is 1. The fraction of sp³-hybridized carbons (Fsp3) is 0.200. The molecule has 1 aromatic heterocycles. The minimum Gasteiger partial charge on any atom is -0.266 e. The number of aryl methyl sites for hydroxylation is 1. The lowest BCUT2D eigenvalue weighted by atomic mass is 10.6. The highest BCUT2D eigenvalue weighted by Gasteiger charge is 2.01. The van der Waals surface area contributed by atoms with Crippen LogP contribution in [0, 0.1) is 0 Å². The SMILES string of the molecule is Cn1ncc(S)c(Cl)c1=O. The number of nitrogens with zero attached hydrogens (tertiary/aromatic N) is 2. The van der Waals surface area contributed by atoms with E-state index in [4.69, 9.17) is 11.6 Å². The molecule has 1 aromatic rings. The standard InChI is InChI=1S/C5H5ClN2OS/c1-8-5(9)4(6)3(10)2-7-8/h2,10H,1H3. The lowest BCUT2D eigenvalue weighted by Crippen LogP contribution is -2.19. The van der Waals surface area contributed by atoms with Crippen LogP contribution in [0.15, 0.2) is 15.9 Å². The van der Waals surface area contributed by atoms with Crippen LogP contribution in [0.5, 0.6) is 0 Å². The van der Waals surface area contributed by atoms with Gasteiger partial charge in [-0.05, 0) is 0 Å². The van der Waals surface area contributed by atoms with Crippen LogP contribution in [0.2, 0.25) is 5.02 Å². The van der Waals surface area contributed by atoms with E-state index in [2.05, 4.69) is 17.7 Å². The van der Waals surface area contributed by atoms with Gasteiger partial charge in [0.05, 0.1) is 6.20 Å². The summed E-state index contributed by atoms with van der Waals surface area (Å²) in [7, 11) is 1.53. The Morgan fingerprint density at radius 3 is 2.90 bits per heavy atom. The van der Waals surface area contributed by atoms with E-state index in [1.54, 1.807) is 0 Å². The third kappa shape index (κ3) is 1.17. The summed E-state index contributed by atoms with van der Waals surface area (Å²) in [5.74, 6) is 0. The van der Waals surface area contributed by atoms with Gasteiger partial charge in [0.25, 0.3) is 5.56 Å². The van der Waals surface area contributed by atoms with E-state index in [0.29, 0.717) is 4.90 Å². The van der Waals surface area contributed by atoms with Gasteiger partial charge in [-0.3, -0.25) is 4.79 Å². The molecule has 0 aromatic carbocycles. The molecule has 0 saturated carbocycles. The predicted octanol–water partition coefficient (Wildman–Crippen LogP) is 0.722. The van der Waals surface area contributed by atoms with Gasteiger partial charge in [0.2, 0.25) is 0 Å². The normalized spacial score (nSPS) is 9.90. The van der Waals surface area contributed by atoms with Gasteiger partial charge in [0, 0.05) is 11.9 Å². The van der Waals surface area contributed by atoms with Crippen molar-refractivity contribution in [2.75, 3.05) is 0 Å². The molecule has 0 radical (unpaired) electrons. The molecule has 0 fully saturated rings. The Kier molecular flexibility index (Phi) is 2.01. The maximum Gasteiger partial charge on any atom is 0.286 e. The van der Waals surface area contributed by atoms with Crippen molar-refractivity contribution in [1.82, 2.24) is 9.78 Å². The summed E-state index contributed by atoms with van der Waals surface area (Å²) >= 11 is 9.44. The van der Waals surface area contributed by atoms with E-state index in [1.165, 1.54) is 13.2 Å². The molecule has 3 nitrogen and oxygen atoms in total. The Balaban J connectivity index is 3.50. The molecule has 1 rings (SSSR count). The molecule has 0 saturated heterocycles. The van der Waals surface area contributed by atoms with E-state index in [0.717, 1.165) is 4.68 Å². The molecule has 0 spiro atoms. The number of halogens is 1. The number of rotatable bonds is 0. The molecule has 0 aliphatic rings. The second kappa shape index (κ2) is 2.64. The molecule has 0 aliphatic heterocycles. The Morgan fingerprint density at radius 1 is 1.80 bits per heavy atom. The van der Waals surface area contributed by atoms with E-state index in [-0.39, 0.29) is 10.6 Å². The summed E-state index contributed by atoms with van der Waals surface area (Å²) in [5.41, 5.74) is -0.325. The number of hydrogen-bond donors (Lipinski definition) is 1. The highest BCUT2D eigenvalue weighted by atomic mass is 35.5. The van der Waals surface area contributed by atoms with Crippen LogP contribution in [0.1, 0.15) is 0 Å². The van der Waals surface area contributed by atoms with E-state index < -0.39 is 0 Å². The van der Waals surface area contributed by atoms with Crippen molar-refractivity contribution in [3.05, 3.63) is 21.6 Å². The third-order valence-corrected chi connectivity index (χ3v) is 1.90. The van der Waals surface area contributed by atoms with Crippen molar-refractivity contribution in [3.63, 3.8) is 0 Å². The van der Waals surface area contributed by atoms with Crippen LogP contribution in [-0.2, 0) is 7.05 Å². The number of aromatic nitrogens is 2. The van der Waals surface area contributed by atoms with Gasteiger partial charge in [-0.25, -0.2) is 4.68 Å². The average Bonchev–Trinajstić information content (AvgIpc) is 1.93. The van der Waals surface area contributed by atoms with Gasteiger partial charge in [0.1, 0.15) is 5.02 Å². The second-order valence-electron chi connectivity index (χ2n) is 1.77. The van der Waals surface area contributed by atoms with Crippen molar-refractivity contribution < 1.29 is 0 Å². The van der Waals surface area contributed by atoms with Crippen molar-refractivity contribution >= 4 is 24.2 Å². The summed E-state index contributed by atoms with van der Waals surface area (Å²) in [4.78, 5) is 11.3. The molecule has 0 bridgehead atoms. The lowest BCUT2D eigenvalue weighted by Gasteiger charge is -1.96. The molecular formula is C5H5ClN2OS. The second-order valence-corrected chi connectivity index (χ2v) is 2.63. The van der Waals surface area contributed by atoms with Crippen molar-refractivity contribution in [3.8, 4) is 0 Å². The van der Waals surface area contributed by atoms with Crippen LogP contribution in [0.3, 0.4) is 0 Å². The maximum absolute atomic E-state index is 10.9. The van der Waals surface area contributed by atoms with Crippen molar-refractivity contribution in [1.29, 1.82) is 0 Å². The maximum atomic E-state index is 10.9. The highest BCUT2D eigenvalue weighted by Crippen LogP contribution is 2.11. The van der Waals surface area contributed by atoms with Crippen LogP contribution in [0.4, 0.5) is 0 Å². The Labute approximate surface area is 68.0 Å². The van der Waals surface area contributed by atoms with E-state index in [1.807, 2.05) is 0 Å². The minimum atomic E-state index is -0.325. The average molecular weight is 177 g/mol. The van der Waals surface area contributed by atoms with Crippen LogP contribution >= 0.6 is 24.2 Å². The van der Waals surface area contributed by atoms with Gasteiger partial charge in [-0.15, -0.1) is 12.6 Å². The molecule has 0 unspecified atom stereocenters. The predicted molar refractivity (Wildman–Crippen MR) is 41.7 cm³/mol. The van der Waals surface area contributed by atoms with Crippen LogP contribution in [-0.4, -0.2) is 9.78 Å². The molecule has 10 heavy (non-hydrogen) atoms. The fourth-order valence-electron chi connectivity index (χ4n) is 0.502. The first-order valence-corrected chi connectivity index (χ1v) is 3.36. The monoisotopic (exact) mass is 176 g/mol. The molecule has 0 aliphatic carbocycles. The smallest absolute Gasteiger partial charge is 0.266 e. The zero-order valence-corrected chi connectivity index (χ0v) is 6.86. The number of hydrogen-bond acceptors (Lipinski definition) is 3. The molecular weight excluding hydrogens is 172 g/mol. The first kappa shape index (κ1) is 7.63. The summed E-state index contributed by atoms with van der Waals surface area (Å²) in [6.45, 7) is 0. The van der Waals surface area contributed by atoms with E-state index >= 15 is 0 Å². The molecule has 54 valence electrons. The molecule has 0 atom stereocenters. The quantitative estimate of drug-likeness (QED) is 0.592. The van der Waals surface area contributed by atoms with Gasteiger partial charge in [0.15, 0.2) is 0 Å².